The summed E-state index contributed by atoms with van der Waals surface area (Å²) in [7, 11) is 0. The fourth-order valence-corrected chi connectivity index (χ4v) is 2.67. The Labute approximate surface area is 152 Å². The predicted molar refractivity (Wildman–Crippen MR) is 98.0 cm³/mol. The lowest BCUT2D eigenvalue weighted by molar-refractivity contribution is -0.133. The quantitative estimate of drug-likeness (QED) is 0.652. The molecule has 0 aliphatic carbocycles. The molecule has 0 radical (unpaired) electrons. The monoisotopic (exact) mass is 350 g/mol. The summed E-state index contributed by atoms with van der Waals surface area (Å²) >= 11 is 0. The van der Waals surface area contributed by atoms with E-state index in [1.54, 1.807) is 12.4 Å². The van der Waals surface area contributed by atoms with E-state index in [0.717, 1.165) is 11.1 Å². The molecule has 0 aliphatic heterocycles. The van der Waals surface area contributed by atoms with Crippen LogP contribution < -0.4 is 0 Å². The van der Waals surface area contributed by atoms with Crippen molar-refractivity contribution in [3.05, 3.63) is 66.3 Å². The van der Waals surface area contributed by atoms with Crippen molar-refractivity contribution >= 4 is 5.91 Å². The molecular formula is C20H22N4O2. The van der Waals surface area contributed by atoms with Crippen LogP contribution >= 0.6 is 0 Å². The Bertz CT molecular complexity index is 831. The maximum absolute atomic E-state index is 12.7. The van der Waals surface area contributed by atoms with E-state index in [9.17, 15) is 4.79 Å². The van der Waals surface area contributed by atoms with Gasteiger partial charge in [-0.2, -0.15) is 4.98 Å². The Morgan fingerprint density at radius 2 is 1.85 bits per heavy atom. The first-order valence-corrected chi connectivity index (χ1v) is 8.70. The van der Waals surface area contributed by atoms with E-state index < -0.39 is 0 Å². The van der Waals surface area contributed by atoms with Crippen molar-refractivity contribution in [2.75, 3.05) is 0 Å². The summed E-state index contributed by atoms with van der Waals surface area (Å²) in [5.41, 5.74) is 1.96. The van der Waals surface area contributed by atoms with Gasteiger partial charge in [0.05, 0.1) is 0 Å². The van der Waals surface area contributed by atoms with Gasteiger partial charge in [-0.1, -0.05) is 35.5 Å². The Hall–Kier alpha value is -3.02. The smallest absolute Gasteiger partial charge is 0.227 e. The number of rotatable bonds is 7. The van der Waals surface area contributed by atoms with Crippen molar-refractivity contribution < 1.29 is 9.32 Å². The molecule has 26 heavy (non-hydrogen) atoms. The maximum atomic E-state index is 12.7. The van der Waals surface area contributed by atoms with Crippen LogP contribution in [0.2, 0.25) is 0 Å². The standard InChI is InChI=1S/C20H22N4O2/c1-15(2)24(14-16-6-4-3-5-7-16)19(25)9-8-18-22-20(23-26-18)17-10-12-21-13-11-17/h3-7,10-13,15H,8-9,14H2,1-2H3. The van der Waals surface area contributed by atoms with Crippen LogP contribution in [0.15, 0.2) is 59.4 Å². The Morgan fingerprint density at radius 1 is 1.12 bits per heavy atom. The third kappa shape index (κ3) is 4.53. The van der Waals surface area contributed by atoms with Gasteiger partial charge in [0.1, 0.15) is 0 Å². The van der Waals surface area contributed by atoms with E-state index in [-0.39, 0.29) is 11.9 Å². The molecule has 2 aromatic heterocycles. The highest BCUT2D eigenvalue weighted by molar-refractivity contribution is 5.76. The van der Waals surface area contributed by atoms with E-state index in [4.69, 9.17) is 4.52 Å². The molecule has 0 atom stereocenters. The fraction of sp³-hybridized carbons (Fsp3) is 0.300. The van der Waals surface area contributed by atoms with Crippen molar-refractivity contribution in [1.82, 2.24) is 20.0 Å². The number of hydrogen-bond donors (Lipinski definition) is 0. The van der Waals surface area contributed by atoms with E-state index in [2.05, 4.69) is 15.1 Å². The molecule has 134 valence electrons. The third-order valence-corrected chi connectivity index (χ3v) is 4.10. The zero-order valence-electron chi connectivity index (χ0n) is 15.0. The van der Waals surface area contributed by atoms with Gasteiger partial charge in [-0.05, 0) is 31.5 Å². The van der Waals surface area contributed by atoms with Gasteiger partial charge < -0.3 is 9.42 Å². The zero-order valence-corrected chi connectivity index (χ0v) is 15.0. The van der Waals surface area contributed by atoms with Crippen LogP contribution in [0.3, 0.4) is 0 Å². The lowest BCUT2D eigenvalue weighted by Gasteiger charge is -2.26. The van der Waals surface area contributed by atoms with Gasteiger partial charge in [0.2, 0.25) is 17.6 Å². The molecule has 0 unspecified atom stereocenters. The van der Waals surface area contributed by atoms with Crippen LogP contribution in [0.5, 0.6) is 0 Å². The average Bonchev–Trinajstić information content (AvgIpc) is 3.14. The molecule has 0 N–H and O–H groups in total. The zero-order chi connectivity index (χ0) is 18.4. The number of carbonyl (C=O) groups is 1. The number of carbonyl (C=O) groups excluding carboxylic acids is 1. The molecule has 6 nitrogen and oxygen atoms in total. The molecule has 3 rings (SSSR count). The van der Waals surface area contributed by atoms with E-state index in [1.807, 2.05) is 61.2 Å². The molecule has 1 amide bonds. The highest BCUT2D eigenvalue weighted by Crippen LogP contribution is 2.16. The number of aromatic nitrogens is 3. The highest BCUT2D eigenvalue weighted by atomic mass is 16.5. The maximum Gasteiger partial charge on any atom is 0.227 e. The minimum absolute atomic E-state index is 0.0764. The van der Waals surface area contributed by atoms with Gasteiger partial charge in [-0.3, -0.25) is 9.78 Å². The summed E-state index contributed by atoms with van der Waals surface area (Å²) in [6, 6.07) is 13.8. The van der Waals surface area contributed by atoms with E-state index >= 15 is 0 Å². The second kappa shape index (κ2) is 8.38. The minimum Gasteiger partial charge on any atom is -0.339 e. The minimum atomic E-state index is 0.0764. The van der Waals surface area contributed by atoms with Gasteiger partial charge in [0.25, 0.3) is 0 Å². The second-order valence-electron chi connectivity index (χ2n) is 6.35. The van der Waals surface area contributed by atoms with Gasteiger partial charge >= 0.3 is 0 Å². The molecule has 1 aromatic carbocycles. The first-order valence-electron chi connectivity index (χ1n) is 8.70. The van der Waals surface area contributed by atoms with Crippen LogP contribution in [-0.4, -0.2) is 32.0 Å². The number of pyridine rings is 1. The number of nitrogens with zero attached hydrogens (tertiary/aromatic N) is 4. The summed E-state index contributed by atoms with van der Waals surface area (Å²) < 4.78 is 5.28. The highest BCUT2D eigenvalue weighted by Gasteiger charge is 2.18. The van der Waals surface area contributed by atoms with Crippen LogP contribution in [0.25, 0.3) is 11.4 Å². The van der Waals surface area contributed by atoms with Crippen LogP contribution in [0.1, 0.15) is 31.7 Å². The second-order valence-corrected chi connectivity index (χ2v) is 6.35. The number of hydrogen-bond acceptors (Lipinski definition) is 5. The molecule has 2 heterocycles. The van der Waals surface area contributed by atoms with Crippen LogP contribution in [0.4, 0.5) is 0 Å². The number of aryl methyl sites for hydroxylation is 1. The molecule has 0 aliphatic rings. The van der Waals surface area contributed by atoms with Gasteiger partial charge in [-0.15, -0.1) is 0 Å². The summed E-state index contributed by atoms with van der Waals surface area (Å²) in [5.74, 6) is 1.06. The summed E-state index contributed by atoms with van der Waals surface area (Å²) in [6.45, 7) is 4.65. The predicted octanol–water partition coefficient (Wildman–Crippen LogP) is 3.50. The summed E-state index contributed by atoms with van der Waals surface area (Å²) in [6.07, 6.45) is 4.12. The first kappa shape index (κ1) is 17.8. The van der Waals surface area contributed by atoms with E-state index in [1.165, 1.54) is 0 Å². The first-order chi connectivity index (χ1) is 12.6. The summed E-state index contributed by atoms with van der Waals surface area (Å²) in [4.78, 5) is 22.9. The topological polar surface area (TPSA) is 72.1 Å². The Morgan fingerprint density at radius 3 is 2.54 bits per heavy atom. The molecule has 6 heteroatoms. The van der Waals surface area contributed by atoms with Crippen molar-refractivity contribution in [3.63, 3.8) is 0 Å². The SMILES string of the molecule is CC(C)N(Cc1ccccc1)C(=O)CCc1nc(-c2ccncc2)no1. The molecule has 3 aromatic rings. The van der Waals surface area contributed by atoms with Crippen molar-refractivity contribution in [1.29, 1.82) is 0 Å². The van der Waals surface area contributed by atoms with Gasteiger partial charge in [0.15, 0.2) is 0 Å². The van der Waals surface area contributed by atoms with E-state index in [0.29, 0.717) is 31.1 Å². The molecule has 0 saturated heterocycles. The summed E-state index contributed by atoms with van der Waals surface area (Å²) in [5, 5.41) is 3.97. The van der Waals surface area contributed by atoms with Crippen molar-refractivity contribution in [3.8, 4) is 11.4 Å². The lowest BCUT2D eigenvalue weighted by atomic mass is 10.1. The van der Waals surface area contributed by atoms with Gasteiger partial charge in [0, 0.05) is 43.4 Å². The fourth-order valence-electron chi connectivity index (χ4n) is 2.67. The molecule has 0 spiro atoms. The average molecular weight is 350 g/mol. The van der Waals surface area contributed by atoms with Crippen molar-refractivity contribution in [2.45, 2.75) is 39.3 Å². The molecule has 0 saturated carbocycles. The van der Waals surface area contributed by atoms with Gasteiger partial charge in [-0.25, -0.2) is 0 Å². The molecule has 0 fully saturated rings. The van der Waals surface area contributed by atoms with Crippen molar-refractivity contribution in [2.24, 2.45) is 0 Å². The number of amides is 1. The largest absolute Gasteiger partial charge is 0.339 e. The molecular weight excluding hydrogens is 328 g/mol. The number of benzene rings is 1. The van der Waals surface area contributed by atoms with Crippen LogP contribution in [-0.2, 0) is 17.8 Å². The van der Waals surface area contributed by atoms with Crippen LogP contribution in [0, 0.1) is 0 Å². The Kier molecular flexibility index (Phi) is 5.73. The normalized spacial score (nSPS) is 10.9. The molecule has 0 bridgehead atoms. The lowest BCUT2D eigenvalue weighted by Crippen LogP contribution is -2.36. The third-order valence-electron chi connectivity index (χ3n) is 4.10. The Balaban J connectivity index is 1.61.